The van der Waals surface area contributed by atoms with Crippen molar-refractivity contribution in [3.63, 3.8) is 0 Å². The molecule has 0 bridgehead atoms. The van der Waals surface area contributed by atoms with E-state index < -0.39 is 0 Å². The third-order valence-corrected chi connectivity index (χ3v) is 5.77. The van der Waals surface area contributed by atoms with Crippen LogP contribution >= 0.6 is 50.6 Å². The smallest absolute Gasteiger partial charge is 0.0579 e. The van der Waals surface area contributed by atoms with E-state index in [1.54, 1.807) is 23.1 Å². The Morgan fingerprint density at radius 3 is 2.93 bits per heavy atom. The number of benzene rings is 1. The molecule has 0 saturated carbocycles. The Balaban J connectivity index is 2.77. The van der Waals surface area contributed by atoms with E-state index in [9.17, 15) is 0 Å². The number of hydrogen-bond acceptors (Lipinski definition) is 2. The zero-order valence-electron chi connectivity index (χ0n) is 7.51. The summed E-state index contributed by atoms with van der Waals surface area (Å²) in [5.41, 5.74) is 0. The quantitative estimate of drug-likeness (QED) is 0.548. The second-order valence-corrected chi connectivity index (χ2v) is 5.82. The predicted molar refractivity (Wildman–Crippen MR) is 70.9 cm³/mol. The summed E-state index contributed by atoms with van der Waals surface area (Å²) in [6, 6.07) is 6.36. The van der Waals surface area contributed by atoms with Crippen LogP contribution in [0.25, 0.3) is 10.1 Å². The standard InChI is InChI=1S/C10H8BrClS2/c1-13-7-4-2-3-6-9(11)8(5-12)14-10(6)7/h2-4H,5H2,1H3. The molecule has 1 aromatic heterocycles. The van der Waals surface area contributed by atoms with Gasteiger partial charge < -0.3 is 0 Å². The summed E-state index contributed by atoms with van der Waals surface area (Å²) in [5, 5.41) is 1.28. The monoisotopic (exact) mass is 306 g/mol. The van der Waals surface area contributed by atoms with Crippen LogP contribution in [0.3, 0.4) is 0 Å². The number of hydrogen-bond donors (Lipinski definition) is 0. The van der Waals surface area contributed by atoms with Crippen molar-refractivity contribution in [1.82, 2.24) is 0 Å². The second-order valence-electron chi connectivity index (χ2n) is 2.81. The highest BCUT2D eigenvalue weighted by Crippen LogP contribution is 2.40. The molecule has 0 nitrogen and oxygen atoms in total. The number of halogens is 2. The Kier molecular flexibility index (Phi) is 3.42. The summed E-state index contributed by atoms with van der Waals surface area (Å²) in [6.07, 6.45) is 2.10. The van der Waals surface area contributed by atoms with Gasteiger partial charge in [0.2, 0.25) is 0 Å². The molecule has 14 heavy (non-hydrogen) atoms. The molecule has 1 heterocycles. The van der Waals surface area contributed by atoms with Crippen LogP contribution in [-0.4, -0.2) is 6.26 Å². The van der Waals surface area contributed by atoms with Crippen molar-refractivity contribution in [2.24, 2.45) is 0 Å². The van der Waals surface area contributed by atoms with E-state index in [-0.39, 0.29) is 0 Å². The van der Waals surface area contributed by atoms with Crippen molar-refractivity contribution in [1.29, 1.82) is 0 Å². The van der Waals surface area contributed by atoms with Crippen LogP contribution in [0.15, 0.2) is 27.6 Å². The first-order chi connectivity index (χ1) is 6.77. The van der Waals surface area contributed by atoms with Crippen LogP contribution in [0.4, 0.5) is 0 Å². The number of rotatable bonds is 2. The topological polar surface area (TPSA) is 0 Å². The fourth-order valence-electron chi connectivity index (χ4n) is 1.36. The first-order valence-corrected chi connectivity index (χ1v) is 7.44. The molecule has 1 aromatic carbocycles. The number of thioether (sulfide) groups is 1. The minimum Gasteiger partial charge on any atom is -0.137 e. The van der Waals surface area contributed by atoms with Crippen molar-refractivity contribution < 1.29 is 0 Å². The van der Waals surface area contributed by atoms with Gasteiger partial charge >= 0.3 is 0 Å². The van der Waals surface area contributed by atoms with Gasteiger partial charge in [0.05, 0.1) is 5.88 Å². The minimum absolute atomic E-state index is 0.577. The third kappa shape index (κ3) is 1.71. The van der Waals surface area contributed by atoms with E-state index in [0.29, 0.717) is 5.88 Å². The van der Waals surface area contributed by atoms with Crippen LogP contribution < -0.4 is 0 Å². The molecule has 0 spiro atoms. The van der Waals surface area contributed by atoms with Gasteiger partial charge in [0.1, 0.15) is 0 Å². The van der Waals surface area contributed by atoms with Gasteiger partial charge in [-0.2, -0.15) is 0 Å². The molecule has 0 fully saturated rings. The molecule has 0 amide bonds. The van der Waals surface area contributed by atoms with Crippen LogP contribution in [0.1, 0.15) is 4.88 Å². The maximum Gasteiger partial charge on any atom is 0.0579 e. The van der Waals surface area contributed by atoms with Crippen LogP contribution in [0, 0.1) is 0 Å². The zero-order chi connectivity index (χ0) is 10.1. The largest absolute Gasteiger partial charge is 0.137 e. The normalized spacial score (nSPS) is 11.1. The molecule has 2 aromatic rings. The summed E-state index contributed by atoms with van der Waals surface area (Å²) in [6.45, 7) is 0. The first-order valence-electron chi connectivity index (χ1n) is 4.07. The van der Waals surface area contributed by atoms with Crippen molar-refractivity contribution in [2.75, 3.05) is 6.26 Å². The Morgan fingerprint density at radius 2 is 2.29 bits per heavy atom. The molecular weight excluding hydrogens is 300 g/mol. The van der Waals surface area contributed by atoms with E-state index >= 15 is 0 Å². The van der Waals surface area contributed by atoms with Crippen molar-refractivity contribution in [3.8, 4) is 0 Å². The van der Waals surface area contributed by atoms with Gasteiger partial charge in [-0.1, -0.05) is 12.1 Å². The Bertz CT molecular complexity index is 464. The Morgan fingerprint density at radius 1 is 1.50 bits per heavy atom. The maximum atomic E-state index is 5.87. The highest BCUT2D eigenvalue weighted by molar-refractivity contribution is 9.10. The average molecular weight is 308 g/mol. The third-order valence-electron chi connectivity index (χ3n) is 2.03. The molecule has 0 radical (unpaired) electrons. The Hall–Kier alpha value is 0.300. The summed E-state index contributed by atoms with van der Waals surface area (Å²) in [7, 11) is 0. The summed E-state index contributed by atoms with van der Waals surface area (Å²) in [4.78, 5) is 2.53. The van der Waals surface area contributed by atoms with Gasteiger partial charge in [0.15, 0.2) is 0 Å². The van der Waals surface area contributed by atoms with Gasteiger partial charge in [-0.3, -0.25) is 0 Å². The second kappa shape index (κ2) is 4.44. The lowest BCUT2D eigenvalue weighted by molar-refractivity contribution is 1.51. The number of fused-ring (bicyclic) bond motifs is 1. The van der Waals surface area contributed by atoms with E-state index in [1.807, 2.05) is 0 Å². The predicted octanol–water partition coefficient (Wildman–Crippen LogP) is 5.12. The highest BCUT2D eigenvalue weighted by Gasteiger charge is 2.10. The molecule has 0 aliphatic rings. The van der Waals surface area contributed by atoms with Crippen LogP contribution in [-0.2, 0) is 5.88 Å². The molecule has 0 aliphatic heterocycles. The lowest BCUT2D eigenvalue weighted by Gasteiger charge is -1.96. The van der Waals surface area contributed by atoms with Crippen LogP contribution in [0.5, 0.6) is 0 Å². The summed E-state index contributed by atoms with van der Waals surface area (Å²) in [5.74, 6) is 0.577. The van der Waals surface area contributed by atoms with E-state index in [4.69, 9.17) is 11.6 Å². The van der Waals surface area contributed by atoms with Gasteiger partial charge in [-0.15, -0.1) is 34.7 Å². The lowest BCUT2D eigenvalue weighted by atomic mass is 10.2. The van der Waals surface area contributed by atoms with E-state index in [1.165, 1.54) is 19.9 Å². The van der Waals surface area contributed by atoms with Crippen molar-refractivity contribution in [3.05, 3.63) is 27.5 Å². The molecule has 2 rings (SSSR count). The SMILES string of the molecule is CSc1cccc2c(Br)c(CCl)sc12. The number of alkyl halides is 1. The Labute approximate surface area is 105 Å². The van der Waals surface area contributed by atoms with Gasteiger partial charge in [0.25, 0.3) is 0 Å². The molecular formula is C10H8BrClS2. The molecule has 0 aliphatic carbocycles. The first kappa shape index (κ1) is 10.8. The van der Waals surface area contributed by atoms with Gasteiger partial charge in [0, 0.05) is 24.3 Å². The molecule has 4 heteroatoms. The molecule has 0 saturated heterocycles. The van der Waals surface area contributed by atoms with Gasteiger partial charge in [-0.05, 0) is 28.3 Å². The lowest BCUT2D eigenvalue weighted by Crippen LogP contribution is -1.70. The summed E-state index contributed by atoms with van der Waals surface area (Å²) < 4.78 is 2.49. The fourth-order valence-corrected chi connectivity index (χ4v) is 4.50. The highest BCUT2D eigenvalue weighted by atomic mass is 79.9. The maximum absolute atomic E-state index is 5.87. The molecule has 0 unspecified atom stereocenters. The minimum atomic E-state index is 0.577. The van der Waals surface area contributed by atoms with Gasteiger partial charge in [-0.25, -0.2) is 0 Å². The van der Waals surface area contributed by atoms with E-state index in [2.05, 4.69) is 40.4 Å². The van der Waals surface area contributed by atoms with Crippen molar-refractivity contribution in [2.45, 2.75) is 10.8 Å². The zero-order valence-corrected chi connectivity index (χ0v) is 11.5. The molecule has 0 atom stereocenters. The molecule has 0 N–H and O–H groups in total. The summed E-state index contributed by atoms with van der Waals surface area (Å²) >= 11 is 13.0. The molecule has 74 valence electrons. The van der Waals surface area contributed by atoms with Crippen LogP contribution in [0.2, 0.25) is 0 Å². The number of thiophene rings is 1. The fraction of sp³-hybridized carbons (Fsp3) is 0.200. The van der Waals surface area contributed by atoms with Crippen molar-refractivity contribution >= 4 is 60.7 Å². The average Bonchev–Trinajstić information content (AvgIpc) is 2.55. The van der Waals surface area contributed by atoms with E-state index in [0.717, 1.165) is 4.47 Å².